The maximum atomic E-state index is 13.0. The molecule has 0 saturated heterocycles. The highest BCUT2D eigenvalue weighted by Gasteiger charge is 2.19. The van der Waals surface area contributed by atoms with Crippen LogP contribution in [0.25, 0.3) is 0 Å². The van der Waals surface area contributed by atoms with Crippen LogP contribution in [0.2, 0.25) is 5.02 Å². The molecule has 0 spiro atoms. The molecule has 1 atom stereocenters. The molecule has 0 saturated carbocycles. The summed E-state index contributed by atoms with van der Waals surface area (Å²) in [6.45, 7) is 1.70. The van der Waals surface area contributed by atoms with E-state index in [-0.39, 0.29) is 22.6 Å². The first kappa shape index (κ1) is 15.4. The molecule has 102 valence electrons. The molecule has 1 aromatic rings. The van der Waals surface area contributed by atoms with Crippen LogP contribution >= 0.6 is 11.6 Å². The molecule has 0 fully saturated rings. The van der Waals surface area contributed by atoms with Gasteiger partial charge < -0.3 is 5.11 Å². The van der Waals surface area contributed by atoms with E-state index in [9.17, 15) is 12.8 Å². The van der Waals surface area contributed by atoms with Crippen LogP contribution in [0.4, 0.5) is 4.39 Å². The number of aliphatic hydroxyl groups is 1. The van der Waals surface area contributed by atoms with E-state index < -0.39 is 15.8 Å². The van der Waals surface area contributed by atoms with Crippen LogP contribution in [-0.2, 0) is 10.0 Å². The largest absolute Gasteiger partial charge is 0.396 e. The normalized spacial score (nSPS) is 13.6. The Kier molecular flexibility index (Phi) is 5.52. The van der Waals surface area contributed by atoms with Crippen molar-refractivity contribution in [2.75, 3.05) is 6.61 Å². The molecule has 0 aliphatic carbocycles. The number of hydrogen-bond acceptors (Lipinski definition) is 3. The predicted octanol–water partition coefficient (Wildman–Crippen LogP) is 1.92. The summed E-state index contributed by atoms with van der Waals surface area (Å²) in [4.78, 5) is -0.0923. The predicted molar refractivity (Wildman–Crippen MR) is 67.5 cm³/mol. The van der Waals surface area contributed by atoms with E-state index in [1.807, 2.05) is 0 Å². The molecular weight excluding hydrogens is 281 g/mol. The van der Waals surface area contributed by atoms with Crippen LogP contribution in [-0.4, -0.2) is 26.2 Å². The molecule has 0 radical (unpaired) electrons. The van der Waals surface area contributed by atoms with Crippen molar-refractivity contribution in [1.29, 1.82) is 0 Å². The van der Waals surface area contributed by atoms with Gasteiger partial charge in [0.25, 0.3) is 0 Å². The molecule has 0 heterocycles. The minimum atomic E-state index is -3.75. The number of aliphatic hydroxyl groups excluding tert-OH is 1. The third-order valence-corrected chi connectivity index (χ3v) is 4.30. The molecule has 0 aliphatic rings. The molecule has 0 aliphatic heterocycles. The van der Waals surface area contributed by atoms with Gasteiger partial charge in [-0.2, -0.15) is 0 Å². The number of hydrogen-bond donors (Lipinski definition) is 2. The van der Waals surface area contributed by atoms with Gasteiger partial charge >= 0.3 is 0 Å². The number of nitrogens with one attached hydrogen (secondary N) is 1. The van der Waals surface area contributed by atoms with Gasteiger partial charge in [0.05, 0.1) is 9.92 Å². The quantitative estimate of drug-likeness (QED) is 0.842. The monoisotopic (exact) mass is 295 g/mol. The van der Waals surface area contributed by atoms with E-state index in [4.69, 9.17) is 16.7 Å². The van der Waals surface area contributed by atoms with E-state index in [0.29, 0.717) is 12.8 Å². The van der Waals surface area contributed by atoms with Crippen molar-refractivity contribution in [2.45, 2.75) is 30.7 Å². The van der Waals surface area contributed by atoms with E-state index in [0.717, 1.165) is 18.2 Å². The molecule has 4 nitrogen and oxygen atoms in total. The van der Waals surface area contributed by atoms with Gasteiger partial charge in [0.15, 0.2) is 0 Å². The Morgan fingerprint density at radius 2 is 2.17 bits per heavy atom. The lowest BCUT2D eigenvalue weighted by molar-refractivity contribution is 0.270. The minimum absolute atomic E-state index is 0.0923. The zero-order valence-electron chi connectivity index (χ0n) is 9.86. The Hall–Kier alpha value is -0.690. The van der Waals surface area contributed by atoms with Gasteiger partial charge in [0, 0.05) is 12.6 Å². The van der Waals surface area contributed by atoms with E-state index in [2.05, 4.69) is 4.72 Å². The summed E-state index contributed by atoms with van der Waals surface area (Å²) in [6.07, 6.45) is 0.874. The summed E-state index contributed by atoms with van der Waals surface area (Å²) in [6, 6.07) is 2.85. The highest BCUT2D eigenvalue weighted by Crippen LogP contribution is 2.19. The zero-order chi connectivity index (χ0) is 13.8. The average molecular weight is 296 g/mol. The summed E-state index contributed by atoms with van der Waals surface area (Å²) in [5.41, 5.74) is 0. The standard InChI is InChI=1S/C11H15ClFNO3S/c1-2-8(5-6-15)14-18(16,17)9-3-4-11(13)10(12)7-9/h3-4,7-8,14-15H,2,5-6H2,1H3. The van der Waals surface area contributed by atoms with Gasteiger partial charge in [0.2, 0.25) is 10.0 Å². The molecule has 7 heteroatoms. The molecule has 0 bridgehead atoms. The molecule has 1 aromatic carbocycles. The molecule has 2 N–H and O–H groups in total. The highest BCUT2D eigenvalue weighted by molar-refractivity contribution is 7.89. The highest BCUT2D eigenvalue weighted by atomic mass is 35.5. The first-order valence-electron chi connectivity index (χ1n) is 5.49. The molecular formula is C11H15ClFNO3S. The molecule has 0 aromatic heterocycles. The fourth-order valence-electron chi connectivity index (χ4n) is 1.43. The second-order valence-corrected chi connectivity index (χ2v) is 5.94. The van der Waals surface area contributed by atoms with Crippen LogP contribution in [0.15, 0.2) is 23.1 Å². The topological polar surface area (TPSA) is 66.4 Å². The molecule has 1 unspecified atom stereocenters. The Labute approximate surface area is 111 Å². The third-order valence-electron chi connectivity index (χ3n) is 2.49. The number of rotatable bonds is 6. The van der Waals surface area contributed by atoms with E-state index >= 15 is 0 Å². The Bertz CT molecular complexity index is 507. The van der Waals surface area contributed by atoms with Gasteiger partial charge in [-0.1, -0.05) is 18.5 Å². The smallest absolute Gasteiger partial charge is 0.240 e. The summed E-state index contributed by atoms with van der Waals surface area (Å²) >= 11 is 5.54. The first-order valence-corrected chi connectivity index (χ1v) is 7.35. The van der Waals surface area contributed by atoms with Crippen molar-refractivity contribution in [3.8, 4) is 0 Å². The fraction of sp³-hybridized carbons (Fsp3) is 0.455. The van der Waals surface area contributed by atoms with Gasteiger partial charge in [-0.25, -0.2) is 17.5 Å². The van der Waals surface area contributed by atoms with Gasteiger partial charge in [0.1, 0.15) is 5.82 Å². The fourth-order valence-corrected chi connectivity index (χ4v) is 3.06. The van der Waals surface area contributed by atoms with Crippen molar-refractivity contribution in [3.05, 3.63) is 29.0 Å². The van der Waals surface area contributed by atoms with Gasteiger partial charge in [-0.15, -0.1) is 0 Å². The number of sulfonamides is 1. The lowest BCUT2D eigenvalue weighted by atomic mass is 10.2. The summed E-state index contributed by atoms with van der Waals surface area (Å²) in [7, 11) is -3.75. The van der Waals surface area contributed by atoms with Gasteiger partial charge in [-0.3, -0.25) is 0 Å². The molecule has 0 amide bonds. The third kappa shape index (κ3) is 3.91. The molecule has 1 rings (SSSR count). The van der Waals surface area contributed by atoms with Crippen molar-refractivity contribution in [2.24, 2.45) is 0 Å². The van der Waals surface area contributed by atoms with Crippen molar-refractivity contribution < 1.29 is 17.9 Å². The maximum Gasteiger partial charge on any atom is 0.240 e. The number of benzene rings is 1. The van der Waals surface area contributed by atoms with Crippen LogP contribution in [0.3, 0.4) is 0 Å². The second-order valence-electron chi connectivity index (χ2n) is 3.81. The van der Waals surface area contributed by atoms with Crippen LogP contribution in [0.5, 0.6) is 0 Å². The van der Waals surface area contributed by atoms with Crippen molar-refractivity contribution in [3.63, 3.8) is 0 Å². The first-order chi connectivity index (χ1) is 8.40. The van der Waals surface area contributed by atoms with Gasteiger partial charge in [-0.05, 0) is 31.0 Å². The summed E-state index contributed by atoms with van der Waals surface area (Å²) in [5, 5.41) is 8.57. The van der Waals surface area contributed by atoms with Crippen LogP contribution in [0, 0.1) is 5.82 Å². The SMILES string of the molecule is CCC(CCO)NS(=O)(=O)c1ccc(F)c(Cl)c1. The van der Waals surface area contributed by atoms with Crippen LogP contribution < -0.4 is 4.72 Å². The maximum absolute atomic E-state index is 13.0. The average Bonchev–Trinajstić information content (AvgIpc) is 2.31. The Balaban J connectivity index is 2.95. The van der Waals surface area contributed by atoms with Crippen LogP contribution in [0.1, 0.15) is 19.8 Å². The lowest BCUT2D eigenvalue weighted by Gasteiger charge is -2.16. The minimum Gasteiger partial charge on any atom is -0.396 e. The Morgan fingerprint density at radius 1 is 1.50 bits per heavy atom. The molecule has 18 heavy (non-hydrogen) atoms. The number of halogens is 2. The zero-order valence-corrected chi connectivity index (χ0v) is 11.4. The van der Waals surface area contributed by atoms with Crippen molar-refractivity contribution >= 4 is 21.6 Å². The van der Waals surface area contributed by atoms with E-state index in [1.54, 1.807) is 6.92 Å². The summed E-state index contributed by atoms with van der Waals surface area (Å²) in [5.74, 6) is -0.669. The van der Waals surface area contributed by atoms with E-state index in [1.165, 1.54) is 0 Å². The Morgan fingerprint density at radius 3 is 2.67 bits per heavy atom. The lowest BCUT2D eigenvalue weighted by Crippen LogP contribution is -2.35. The second kappa shape index (κ2) is 6.47. The summed E-state index contributed by atoms with van der Waals surface area (Å²) < 4.78 is 39.3. The van der Waals surface area contributed by atoms with Crippen molar-refractivity contribution in [1.82, 2.24) is 4.72 Å².